The molecule has 1 atom stereocenters. The molecule has 0 aliphatic heterocycles. The summed E-state index contributed by atoms with van der Waals surface area (Å²) in [7, 11) is 0. The van der Waals surface area contributed by atoms with Crippen LogP contribution in [-0.4, -0.2) is 4.98 Å². The molecule has 0 saturated carbocycles. The normalized spacial score (nSPS) is 14.4. The third kappa shape index (κ3) is 3.66. The molecule has 16 heavy (non-hydrogen) atoms. The second-order valence-corrected chi connectivity index (χ2v) is 6.13. The Bertz CT molecular complexity index is 320. The van der Waals surface area contributed by atoms with Gasteiger partial charge in [0.15, 0.2) is 5.89 Å². The largest absolute Gasteiger partial charge is 0.445 e. The molecule has 1 rings (SSSR count). The van der Waals surface area contributed by atoms with Gasteiger partial charge in [-0.25, -0.2) is 4.98 Å². The molecule has 2 nitrogen and oxygen atoms in total. The molecule has 0 bridgehead atoms. The average molecular weight is 223 g/mol. The summed E-state index contributed by atoms with van der Waals surface area (Å²) < 4.78 is 5.77. The Morgan fingerprint density at radius 3 is 2.31 bits per heavy atom. The summed E-state index contributed by atoms with van der Waals surface area (Å²) in [5.74, 6) is 3.33. The van der Waals surface area contributed by atoms with Crippen molar-refractivity contribution in [3.05, 3.63) is 17.8 Å². The predicted octanol–water partition coefficient (Wildman–Crippen LogP) is 4.20. The minimum Gasteiger partial charge on any atom is -0.445 e. The van der Waals surface area contributed by atoms with Crippen LogP contribution in [0, 0.1) is 11.8 Å². The van der Waals surface area contributed by atoms with Crippen LogP contribution in [0.25, 0.3) is 0 Å². The summed E-state index contributed by atoms with van der Waals surface area (Å²) in [4.78, 5) is 4.35. The highest BCUT2D eigenvalue weighted by Gasteiger charge is 2.19. The van der Waals surface area contributed by atoms with Crippen molar-refractivity contribution >= 4 is 0 Å². The van der Waals surface area contributed by atoms with E-state index in [-0.39, 0.29) is 5.41 Å². The molecule has 0 radical (unpaired) electrons. The van der Waals surface area contributed by atoms with Gasteiger partial charge in [0.05, 0.1) is 6.20 Å². The van der Waals surface area contributed by atoms with E-state index in [4.69, 9.17) is 4.42 Å². The lowest BCUT2D eigenvalue weighted by Gasteiger charge is -2.14. The highest BCUT2D eigenvalue weighted by molar-refractivity contribution is 5.06. The van der Waals surface area contributed by atoms with Crippen molar-refractivity contribution in [2.24, 2.45) is 11.8 Å². The SMILES string of the molecule is CC(C)C(C)CCc1ncc(C(C)(C)C)o1. The highest BCUT2D eigenvalue weighted by Crippen LogP contribution is 2.24. The first-order valence-electron chi connectivity index (χ1n) is 6.26. The van der Waals surface area contributed by atoms with Gasteiger partial charge in [-0.2, -0.15) is 0 Å². The minimum absolute atomic E-state index is 0.0644. The Morgan fingerprint density at radius 1 is 1.25 bits per heavy atom. The Balaban J connectivity index is 2.53. The molecular weight excluding hydrogens is 198 g/mol. The minimum atomic E-state index is 0.0644. The number of nitrogens with zero attached hydrogens (tertiary/aromatic N) is 1. The first-order valence-corrected chi connectivity index (χ1v) is 6.26. The number of aryl methyl sites for hydroxylation is 1. The number of oxazole rings is 1. The number of hydrogen-bond donors (Lipinski definition) is 0. The van der Waals surface area contributed by atoms with Gasteiger partial charge >= 0.3 is 0 Å². The molecule has 0 aliphatic rings. The molecule has 0 aromatic carbocycles. The molecular formula is C14H25NO. The van der Waals surface area contributed by atoms with E-state index in [9.17, 15) is 0 Å². The van der Waals surface area contributed by atoms with Crippen molar-refractivity contribution in [2.75, 3.05) is 0 Å². The molecule has 0 saturated heterocycles. The van der Waals surface area contributed by atoms with Crippen molar-refractivity contribution in [3.8, 4) is 0 Å². The van der Waals surface area contributed by atoms with Crippen molar-refractivity contribution in [3.63, 3.8) is 0 Å². The van der Waals surface area contributed by atoms with Gasteiger partial charge < -0.3 is 4.42 Å². The Kier molecular flexibility index (Phi) is 4.17. The van der Waals surface area contributed by atoms with E-state index in [2.05, 4.69) is 46.5 Å². The summed E-state index contributed by atoms with van der Waals surface area (Å²) in [6, 6.07) is 0. The molecule has 2 heteroatoms. The van der Waals surface area contributed by atoms with Gasteiger partial charge in [0.1, 0.15) is 5.76 Å². The molecule has 92 valence electrons. The summed E-state index contributed by atoms with van der Waals surface area (Å²) >= 11 is 0. The quantitative estimate of drug-likeness (QED) is 0.764. The van der Waals surface area contributed by atoms with E-state index in [1.165, 1.54) is 0 Å². The molecule has 1 heterocycles. The molecule has 1 aromatic heterocycles. The zero-order valence-corrected chi connectivity index (χ0v) is 11.5. The van der Waals surface area contributed by atoms with Gasteiger partial charge in [0, 0.05) is 11.8 Å². The first kappa shape index (κ1) is 13.3. The van der Waals surface area contributed by atoms with Crippen LogP contribution in [-0.2, 0) is 11.8 Å². The predicted molar refractivity (Wildman–Crippen MR) is 67.5 cm³/mol. The van der Waals surface area contributed by atoms with E-state index in [0.717, 1.165) is 36.3 Å². The maximum absolute atomic E-state index is 5.77. The molecule has 0 aliphatic carbocycles. The zero-order chi connectivity index (χ0) is 12.3. The first-order chi connectivity index (χ1) is 7.30. The third-order valence-corrected chi connectivity index (χ3v) is 3.24. The van der Waals surface area contributed by atoms with Crippen molar-refractivity contribution < 1.29 is 4.42 Å². The lowest BCUT2D eigenvalue weighted by molar-refractivity contribution is 0.348. The van der Waals surface area contributed by atoms with E-state index in [1.54, 1.807) is 0 Å². The number of aromatic nitrogens is 1. The second kappa shape index (κ2) is 5.03. The molecule has 1 aromatic rings. The van der Waals surface area contributed by atoms with Crippen LogP contribution in [0.15, 0.2) is 10.6 Å². The maximum atomic E-state index is 5.77. The smallest absolute Gasteiger partial charge is 0.194 e. The fourth-order valence-corrected chi connectivity index (χ4v) is 1.46. The lowest BCUT2D eigenvalue weighted by Crippen LogP contribution is -2.09. The van der Waals surface area contributed by atoms with Crippen LogP contribution in [0.3, 0.4) is 0 Å². The summed E-state index contributed by atoms with van der Waals surface area (Å²) in [5.41, 5.74) is 0.0644. The fraction of sp³-hybridized carbons (Fsp3) is 0.786. The summed E-state index contributed by atoms with van der Waals surface area (Å²) in [6.45, 7) is 13.3. The molecule has 1 unspecified atom stereocenters. The lowest BCUT2D eigenvalue weighted by atomic mass is 9.93. The second-order valence-electron chi connectivity index (χ2n) is 6.13. The fourth-order valence-electron chi connectivity index (χ4n) is 1.46. The molecule has 0 fully saturated rings. The van der Waals surface area contributed by atoms with Gasteiger partial charge in [0.25, 0.3) is 0 Å². The van der Waals surface area contributed by atoms with Gasteiger partial charge in [0.2, 0.25) is 0 Å². The van der Waals surface area contributed by atoms with Crippen LogP contribution < -0.4 is 0 Å². The molecule has 0 N–H and O–H groups in total. The Labute approximate surface area is 99.5 Å². The highest BCUT2D eigenvalue weighted by atomic mass is 16.4. The molecule has 0 amide bonds. The van der Waals surface area contributed by atoms with Crippen LogP contribution in [0.1, 0.15) is 59.6 Å². The Hall–Kier alpha value is -0.790. The van der Waals surface area contributed by atoms with Crippen LogP contribution >= 0.6 is 0 Å². The van der Waals surface area contributed by atoms with Crippen molar-refractivity contribution in [1.82, 2.24) is 4.98 Å². The van der Waals surface area contributed by atoms with Crippen LogP contribution in [0.2, 0.25) is 0 Å². The number of hydrogen-bond acceptors (Lipinski definition) is 2. The van der Waals surface area contributed by atoms with Gasteiger partial charge in [-0.05, 0) is 18.3 Å². The molecule has 0 spiro atoms. The van der Waals surface area contributed by atoms with Gasteiger partial charge in [-0.15, -0.1) is 0 Å². The Morgan fingerprint density at radius 2 is 1.88 bits per heavy atom. The van der Waals surface area contributed by atoms with Crippen LogP contribution in [0.5, 0.6) is 0 Å². The maximum Gasteiger partial charge on any atom is 0.194 e. The number of rotatable bonds is 4. The third-order valence-electron chi connectivity index (χ3n) is 3.24. The summed E-state index contributed by atoms with van der Waals surface area (Å²) in [5, 5.41) is 0. The standard InChI is InChI=1S/C14H25NO/c1-10(2)11(3)7-8-13-15-9-12(16-13)14(4,5)6/h9-11H,7-8H2,1-6H3. The van der Waals surface area contributed by atoms with E-state index >= 15 is 0 Å². The summed E-state index contributed by atoms with van der Waals surface area (Å²) in [6.07, 6.45) is 3.98. The van der Waals surface area contributed by atoms with E-state index in [1.807, 2.05) is 6.20 Å². The van der Waals surface area contributed by atoms with Gasteiger partial charge in [-0.1, -0.05) is 41.5 Å². The van der Waals surface area contributed by atoms with Crippen molar-refractivity contribution in [2.45, 2.75) is 59.8 Å². The topological polar surface area (TPSA) is 26.0 Å². The zero-order valence-electron chi connectivity index (χ0n) is 11.5. The van der Waals surface area contributed by atoms with Crippen LogP contribution in [0.4, 0.5) is 0 Å². The van der Waals surface area contributed by atoms with Gasteiger partial charge in [-0.3, -0.25) is 0 Å². The van der Waals surface area contributed by atoms with Crippen molar-refractivity contribution in [1.29, 1.82) is 0 Å². The monoisotopic (exact) mass is 223 g/mol. The average Bonchev–Trinajstić information content (AvgIpc) is 2.61. The van der Waals surface area contributed by atoms with E-state index < -0.39 is 0 Å². The van der Waals surface area contributed by atoms with E-state index in [0.29, 0.717) is 0 Å².